The van der Waals surface area contributed by atoms with E-state index in [0.717, 1.165) is 43.0 Å². The van der Waals surface area contributed by atoms with Gasteiger partial charge in [-0.1, -0.05) is 29.8 Å². The molecule has 0 radical (unpaired) electrons. The van der Waals surface area contributed by atoms with Crippen molar-refractivity contribution in [2.75, 3.05) is 46.3 Å². The molecule has 2 saturated heterocycles. The molecule has 1 aromatic carbocycles. The molecule has 1 amide bonds. The summed E-state index contributed by atoms with van der Waals surface area (Å²) >= 11 is 0. The van der Waals surface area contributed by atoms with E-state index in [1.54, 1.807) is 0 Å². The van der Waals surface area contributed by atoms with Crippen LogP contribution >= 0.6 is 0 Å². The Hall–Kier alpha value is -2.11. The fourth-order valence-corrected chi connectivity index (χ4v) is 4.49. The maximum atomic E-state index is 13.1. The normalized spacial score (nSPS) is 19.9. The molecule has 2 aliphatic heterocycles. The molecule has 2 aliphatic rings. The molecule has 0 N–H and O–H groups in total. The van der Waals surface area contributed by atoms with Gasteiger partial charge in [0.1, 0.15) is 5.69 Å². The average Bonchev–Trinajstić information content (AvgIpc) is 3.10. The molecule has 0 bridgehead atoms. The standard InChI is InChI=1S/C23H32N4O/c1-18-4-6-19(7-5-18)20-16-22(25(3)17-20)23(28)27-14-12-26(13-15-27)21-8-10-24(2)11-9-21/h4-7,16-17,21H,8-15H2,1-3H3. The van der Waals surface area contributed by atoms with Gasteiger partial charge in [0, 0.05) is 51.0 Å². The first-order valence-electron chi connectivity index (χ1n) is 10.5. The van der Waals surface area contributed by atoms with Gasteiger partial charge in [0.15, 0.2) is 0 Å². The maximum absolute atomic E-state index is 13.1. The Bertz CT molecular complexity index is 810. The molecule has 2 aromatic rings. The van der Waals surface area contributed by atoms with Crippen molar-refractivity contribution < 1.29 is 4.79 Å². The van der Waals surface area contributed by atoms with Crippen LogP contribution in [0, 0.1) is 6.92 Å². The Kier molecular flexibility index (Phi) is 5.56. The lowest BCUT2D eigenvalue weighted by atomic mass is 10.0. The molecule has 0 spiro atoms. The number of aryl methyl sites for hydroxylation is 2. The third-order valence-corrected chi connectivity index (χ3v) is 6.41. The van der Waals surface area contributed by atoms with Crippen molar-refractivity contribution in [2.45, 2.75) is 25.8 Å². The van der Waals surface area contributed by atoms with E-state index in [0.29, 0.717) is 6.04 Å². The second-order valence-corrected chi connectivity index (χ2v) is 8.45. The van der Waals surface area contributed by atoms with Crippen molar-refractivity contribution in [3.8, 4) is 11.1 Å². The molecule has 4 rings (SSSR count). The molecule has 1 aromatic heterocycles. The lowest BCUT2D eigenvalue weighted by molar-refractivity contribution is 0.0468. The Morgan fingerprint density at radius 1 is 0.893 bits per heavy atom. The Morgan fingerprint density at radius 3 is 2.18 bits per heavy atom. The zero-order chi connectivity index (χ0) is 19.7. The fourth-order valence-electron chi connectivity index (χ4n) is 4.49. The number of rotatable bonds is 3. The van der Waals surface area contributed by atoms with Gasteiger partial charge in [-0.25, -0.2) is 0 Å². The van der Waals surface area contributed by atoms with Gasteiger partial charge in [0.2, 0.25) is 0 Å². The highest BCUT2D eigenvalue weighted by Crippen LogP contribution is 2.24. The van der Waals surface area contributed by atoms with Crippen LogP contribution in [0.2, 0.25) is 0 Å². The summed E-state index contributed by atoms with van der Waals surface area (Å²) in [5, 5.41) is 0. The average molecular weight is 381 g/mol. The van der Waals surface area contributed by atoms with Crippen molar-refractivity contribution in [1.82, 2.24) is 19.3 Å². The summed E-state index contributed by atoms with van der Waals surface area (Å²) in [5.74, 6) is 0.156. The molecular formula is C23H32N4O. The van der Waals surface area contributed by atoms with Gasteiger partial charge < -0.3 is 14.4 Å². The predicted molar refractivity (Wildman–Crippen MR) is 114 cm³/mol. The van der Waals surface area contributed by atoms with E-state index >= 15 is 0 Å². The summed E-state index contributed by atoms with van der Waals surface area (Å²) in [5.41, 5.74) is 4.30. The van der Waals surface area contributed by atoms with Crippen LogP contribution in [0.1, 0.15) is 28.9 Å². The minimum atomic E-state index is 0.156. The third kappa shape index (κ3) is 4.01. The SMILES string of the molecule is Cc1ccc(-c2cc(C(=O)N3CCN(C4CCN(C)CC4)CC3)n(C)c2)cc1. The molecule has 0 atom stereocenters. The van der Waals surface area contributed by atoms with Crippen molar-refractivity contribution in [2.24, 2.45) is 7.05 Å². The van der Waals surface area contributed by atoms with E-state index in [2.05, 4.69) is 54.2 Å². The van der Waals surface area contributed by atoms with Gasteiger partial charge in [-0.15, -0.1) is 0 Å². The van der Waals surface area contributed by atoms with E-state index in [1.807, 2.05) is 22.6 Å². The Balaban J connectivity index is 1.39. The van der Waals surface area contributed by atoms with Gasteiger partial charge >= 0.3 is 0 Å². The van der Waals surface area contributed by atoms with Crippen LogP contribution in [-0.2, 0) is 7.05 Å². The largest absolute Gasteiger partial charge is 0.346 e. The number of carbonyl (C=O) groups is 1. The van der Waals surface area contributed by atoms with Crippen molar-refractivity contribution >= 4 is 5.91 Å². The number of hydrogen-bond donors (Lipinski definition) is 0. The quantitative estimate of drug-likeness (QED) is 0.821. The van der Waals surface area contributed by atoms with E-state index in [9.17, 15) is 4.79 Å². The summed E-state index contributed by atoms with van der Waals surface area (Å²) in [4.78, 5) is 20.2. The topological polar surface area (TPSA) is 31.7 Å². The van der Waals surface area contributed by atoms with Crippen LogP contribution in [-0.4, -0.2) is 77.5 Å². The summed E-state index contributed by atoms with van der Waals surface area (Å²) in [6, 6.07) is 11.2. The number of nitrogens with zero attached hydrogens (tertiary/aromatic N) is 4. The smallest absolute Gasteiger partial charge is 0.270 e. The highest BCUT2D eigenvalue weighted by Gasteiger charge is 2.29. The number of carbonyl (C=O) groups excluding carboxylic acids is 1. The number of hydrogen-bond acceptors (Lipinski definition) is 3. The van der Waals surface area contributed by atoms with E-state index in [4.69, 9.17) is 0 Å². The van der Waals surface area contributed by atoms with Crippen LogP contribution in [0.25, 0.3) is 11.1 Å². The second kappa shape index (κ2) is 8.10. The number of amides is 1. The minimum absolute atomic E-state index is 0.156. The summed E-state index contributed by atoms with van der Waals surface area (Å²) in [6.45, 7) is 8.12. The number of benzene rings is 1. The number of aromatic nitrogens is 1. The Morgan fingerprint density at radius 2 is 1.54 bits per heavy atom. The number of likely N-dealkylation sites (tertiary alicyclic amines) is 1. The van der Waals surface area contributed by atoms with Gasteiger partial charge in [-0.3, -0.25) is 9.69 Å². The van der Waals surface area contributed by atoms with Crippen LogP contribution in [0.15, 0.2) is 36.5 Å². The molecule has 28 heavy (non-hydrogen) atoms. The molecule has 0 unspecified atom stereocenters. The first kappa shape index (κ1) is 19.2. The summed E-state index contributed by atoms with van der Waals surface area (Å²) < 4.78 is 1.97. The first-order valence-corrected chi connectivity index (χ1v) is 10.5. The predicted octanol–water partition coefficient (Wildman–Crippen LogP) is 2.85. The third-order valence-electron chi connectivity index (χ3n) is 6.41. The van der Waals surface area contributed by atoms with Crippen molar-refractivity contribution in [3.63, 3.8) is 0 Å². The highest BCUT2D eigenvalue weighted by atomic mass is 16.2. The lowest BCUT2D eigenvalue weighted by Gasteiger charge is -2.42. The molecule has 0 saturated carbocycles. The first-order chi connectivity index (χ1) is 13.5. The van der Waals surface area contributed by atoms with E-state index in [1.165, 1.54) is 31.5 Å². The summed E-state index contributed by atoms with van der Waals surface area (Å²) in [7, 11) is 4.18. The second-order valence-electron chi connectivity index (χ2n) is 8.45. The number of piperidine rings is 1. The van der Waals surface area contributed by atoms with Crippen molar-refractivity contribution in [1.29, 1.82) is 0 Å². The molecule has 5 heteroatoms. The van der Waals surface area contributed by atoms with Crippen LogP contribution < -0.4 is 0 Å². The van der Waals surface area contributed by atoms with Gasteiger partial charge in [0.25, 0.3) is 5.91 Å². The Labute approximate surface area is 168 Å². The van der Waals surface area contributed by atoms with E-state index in [-0.39, 0.29) is 5.91 Å². The van der Waals surface area contributed by atoms with Crippen LogP contribution in [0.3, 0.4) is 0 Å². The fraction of sp³-hybridized carbons (Fsp3) is 0.522. The molecule has 150 valence electrons. The molecule has 0 aliphatic carbocycles. The highest BCUT2D eigenvalue weighted by molar-refractivity contribution is 5.94. The summed E-state index contributed by atoms with van der Waals surface area (Å²) in [6.07, 6.45) is 4.57. The maximum Gasteiger partial charge on any atom is 0.270 e. The van der Waals surface area contributed by atoms with Gasteiger partial charge in [-0.05, 0) is 51.5 Å². The van der Waals surface area contributed by atoms with Crippen molar-refractivity contribution in [3.05, 3.63) is 47.8 Å². The molecule has 3 heterocycles. The zero-order valence-corrected chi connectivity index (χ0v) is 17.4. The minimum Gasteiger partial charge on any atom is -0.346 e. The lowest BCUT2D eigenvalue weighted by Crippen LogP contribution is -2.54. The monoisotopic (exact) mass is 380 g/mol. The molecule has 5 nitrogen and oxygen atoms in total. The molecule has 2 fully saturated rings. The van der Waals surface area contributed by atoms with Gasteiger partial charge in [0.05, 0.1) is 0 Å². The number of piperazine rings is 1. The zero-order valence-electron chi connectivity index (χ0n) is 17.4. The van der Waals surface area contributed by atoms with Crippen LogP contribution in [0.4, 0.5) is 0 Å². The van der Waals surface area contributed by atoms with Crippen LogP contribution in [0.5, 0.6) is 0 Å². The molecular weight excluding hydrogens is 348 g/mol. The van der Waals surface area contributed by atoms with E-state index < -0.39 is 0 Å². The van der Waals surface area contributed by atoms with Gasteiger partial charge in [-0.2, -0.15) is 0 Å².